The summed E-state index contributed by atoms with van der Waals surface area (Å²) in [5, 5.41) is 6.89. The fourth-order valence-corrected chi connectivity index (χ4v) is 0. The van der Waals surface area contributed by atoms with Crippen LogP contribution in [0.3, 0.4) is 0 Å². The van der Waals surface area contributed by atoms with Gasteiger partial charge in [-0.25, -0.2) is 0 Å². The zero-order chi connectivity index (χ0) is 2.71. The van der Waals surface area contributed by atoms with Gasteiger partial charge in [0.2, 0.25) is 0 Å². The fourth-order valence-electron chi connectivity index (χ4n) is 0. The maximum absolute atomic E-state index is 8.36. The molecular formula is HBNaO2+. The van der Waals surface area contributed by atoms with Gasteiger partial charge in [-0.2, -0.15) is 0 Å². The third-order valence-corrected chi connectivity index (χ3v) is 0. The molecule has 0 aromatic heterocycles. The van der Waals surface area contributed by atoms with Crippen LogP contribution >= 0.6 is 0 Å². The first-order valence-electron chi connectivity index (χ1n) is 0.494. The van der Waals surface area contributed by atoms with E-state index in [1.54, 1.807) is 0 Å². The quantitative estimate of drug-likeness (QED) is 0.293. The average Bonchev–Trinajstić information content (AvgIpc) is 0.918. The molecule has 16 valence electrons. The summed E-state index contributed by atoms with van der Waals surface area (Å²) in [6.45, 7) is 0. The van der Waals surface area contributed by atoms with E-state index in [0.29, 0.717) is 0 Å². The average molecular weight is 66.8 g/mol. The molecule has 0 aromatic carbocycles. The van der Waals surface area contributed by atoms with Gasteiger partial charge in [0.15, 0.2) is 0 Å². The summed E-state index contributed by atoms with van der Waals surface area (Å²) in [6.07, 6.45) is 0. The van der Waals surface area contributed by atoms with Crippen LogP contribution in [-0.4, -0.2) is 12.4 Å². The van der Waals surface area contributed by atoms with Crippen molar-refractivity contribution in [3.63, 3.8) is 0 Å². The molecule has 1 N–H and O–H groups in total. The predicted molar refractivity (Wildman–Crippen MR) is 8.66 cm³/mol. The Morgan fingerprint density at radius 3 is 1.75 bits per heavy atom. The van der Waals surface area contributed by atoms with Gasteiger partial charge in [0, 0.05) is 0 Å². The van der Waals surface area contributed by atoms with Crippen LogP contribution in [0.4, 0.5) is 0 Å². The standard InChI is InChI=1S/BHO2.Na/c2-1-3;/h2H;/q;+1. The van der Waals surface area contributed by atoms with Gasteiger partial charge >= 0.3 is 46.6 Å². The van der Waals surface area contributed by atoms with Crippen LogP contribution in [0.1, 0.15) is 0 Å². The molecule has 4 heteroatoms. The van der Waals surface area contributed by atoms with Gasteiger partial charge in [-0.15, -0.1) is 0 Å². The molecule has 0 heterocycles. The molecule has 0 unspecified atom stereocenters. The molecule has 0 aliphatic rings. The van der Waals surface area contributed by atoms with Crippen LogP contribution in [0.15, 0.2) is 0 Å². The largest absolute Gasteiger partial charge is 1.00 e. The van der Waals surface area contributed by atoms with Crippen molar-refractivity contribution < 1.29 is 39.3 Å². The van der Waals surface area contributed by atoms with E-state index >= 15 is 0 Å². The molecular weight excluding hydrogens is 65.8 g/mol. The number of hydrogen-bond acceptors (Lipinski definition) is 1. The van der Waals surface area contributed by atoms with Gasteiger partial charge in [0.25, 0.3) is 0 Å². The first kappa shape index (κ1) is 8.82. The Bertz CT molecular complexity index is 13.5. The Morgan fingerprint density at radius 2 is 1.75 bits per heavy atom. The van der Waals surface area contributed by atoms with E-state index < -0.39 is 0 Å². The third kappa shape index (κ3) is 16.7. The summed E-state index contributed by atoms with van der Waals surface area (Å²) in [6, 6.07) is 0. The molecule has 0 aliphatic carbocycles. The topological polar surface area (TPSA) is 37.3 Å². The molecule has 0 rings (SSSR count). The van der Waals surface area contributed by atoms with Gasteiger partial charge < -0.3 is 0 Å². The van der Waals surface area contributed by atoms with Crippen molar-refractivity contribution in [2.24, 2.45) is 0 Å². The van der Waals surface area contributed by atoms with Crippen molar-refractivity contribution in [2.75, 3.05) is 0 Å². The number of hydrogen-bond donors (Lipinski definition) is 1. The van der Waals surface area contributed by atoms with E-state index in [1.807, 2.05) is 0 Å². The summed E-state index contributed by atoms with van der Waals surface area (Å²) >= 11 is 0. The summed E-state index contributed by atoms with van der Waals surface area (Å²) in [7, 11) is -0.250. The molecule has 0 amide bonds. The molecule has 0 saturated heterocycles. The second-order valence-corrected chi connectivity index (χ2v) is 0.105. The molecule has 0 aliphatic heterocycles. The minimum Gasteiger partial charge on any atom is 1.00 e. The van der Waals surface area contributed by atoms with Crippen LogP contribution in [-0.2, 0) is 4.70 Å². The summed E-state index contributed by atoms with van der Waals surface area (Å²) in [4.78, 5) is 0. The summed E-state index contributed by atoms with van der Waals surface area (Å²) < 4.78 is 8.36. The first-order valence-corrected chi connectivity index (χ1v) is 0.494. The van der Waals surface area contributed by atoms with Crippen LogP contribution in [0.5, 0.6) is 0 Å². The minimum atomic E-state index is -0.250. The van der Waals surface area contributed by atoms with E-state index in [9.17, 15) is 0 Å². The monoisotopic (exact) mass is 67.0 g/mol. The van der Waals surface area contributed by atoms with Crippen LogP contribution in [0, 0.1) is 0 Å². The van der Waals surface area contributed by atoms with Gasteiger partial charge in [-0.3, -0.25) is 0 Å². The molecule has 0 aromatic rings. The van der Waals surface area contributed by atoms with Gasteiger partial charge in [-0.05, 0) is 0 Å². The summed E-state index contributed by atoms with van der Waals surface area (Å²) in [5.74, 6) is 0. The van der Waals surface area contributed by atoms with E-state index in [1.165, 1.54) is 0 Å². The van der Waals surface area contributed by atoms with Gasteiger partial charge in [0.05, 0.1) is 0 Å². The molecule has 0 atom stereocenters. The zero-order valence-electron chi connectivity index (χ0n) is 2.43. The molecule has 0 spiro atoms. The maximum atomic E-state index is 8.36. The molecule has 0 fully saturated rings. The molecule has 4 heavy (non-hydrogen) atoms. The predicted octanol–water partition coefficient (Wildman–Crippen LogP) is -4.05. The molecule has 0 saturated carbocycles. The minimum absolute atomic E-state index is 0. The van der Waals surface area contributed by atoms with Crippen LogP contribution in [0.25, 0.3) is 0 Å². The van der Waals surface area contributed by atoms with E-state index in [-0.39, 0.29) is 36.9 Å². The van der Waals surface area contributed by atoms with Crippen LogP contribution in [0.2, 0.25) is 0 Å². The smallest absolute Gasteiger partial charge is 1.00 e. The Kier molecular flexibility index (Phi) is 20.7. The zero-order valence-corrected chi connectivity index (χ0v) is 4.43. The van der Waals surface area contributed by atoms with Crippen molar-refractivity contribution in [3.05, 3.63) is 0 Å². The van der Waals surface area contributed by atoms with Crippen molar-refractivity contribution in [1.82, 2.24) is 0 Å². The van der Waals surface area contributed by atoms with E-state index in [0.717, 1.165) is 0 Å². The van der Waals surface area contributed by atoms with Crippen molar-refractivity contribution >= 4 is 7.35 Å². The van der Waals surface area contributed by atoms with Crippen molar-refractivity contribution in [2.45, 2.75) is 0 Å². The fraction of sp³-hybridized carbons (Fsp3) is 0. The second-order valence-electron chi connectivity index (χ2n) is 0.105. The van der Waals surface area contributed by atoms with Gasteiger partial charge in [0.1, 0.15) is 0 Å². The van der Waals surface area contributed by atoms with Crippen LogP contribution < -0.4 is 29.6 Å². The summed E-state index contributed by atoms with van der Waals surface area (Å²) in [5.41, 5.74) is 0. The van der Waals surface area contributed by atoms with Crippen molar-refractivity contribution in [3.8, 4) is 0 Å². The Hall–Kier alpha value is 0.665. The molecule has 2 nitrogen and oxygen atoms in total. The van der Waals surface area contributed by atoms with E-state index in [4.69, 9.17) is 9.73 Å². The van der Waals surface area contributed by atoms with E-state index in [2.05, 4.69) is 0 Å². The molecule has 0 bridgehead atoms. The van der Waals surface area contributed by atoms with Gasteiger partial charge in [-0.1, -0.05) is 0 Å². The Labute approximate surface area is 46.8 Å². The normalized spacial score (nSPS) is 2.00. The maximum Gasteiger partial charge on any atom is 1.00 e. The van der Waals surface area contributed by atoms with Crippen molar-refractivity contribution in [1.29, 1.82) is 0 Å². The second kappa shape index (κ2) is 9.39. The molecule has 0 radical (unpaired) electrons. The first-order chi connectivity index (χ1) is 1.41. The Balaban J connectivity index is 0. The third-order valence-electron chi connectivity index (χ3n) is 0. The SMILES string of the molecule is O=BO.[Na+]. The number of rotatable bonds is 0. The Morgan fingerprint density at radius 1 is 1.75 bits per heavy atom.